The van der Waals surface area contributed by atoms with Gasteiger partial charge in [0.2, 0.25) is 0 Å². The van der Waals surface area contributed by atoms with Gasteiger partial charge in [-0.1, -0.05) is 29.3 Å². The largest absolute Gasteiger partial charge is 0.347 e. The van der Waals surface area contributed by atoms with Crippen LogP contribution in [0.3, 0.4) is 0 Å². The van der Waals surface area contributed by atoms with Gasteiger partial charge in [-0.3, -0.25) is 9.78 Å². The van der Waals surface area contributed by atoms with Gasteiger partial charge >= 0.3 is 0 Å². The van der Waals surface area contributed by atoms with E-state index in [-0.39, 0.29) is 21.7 Å². The lowest BCUT2D eigenvalue weighted by Gasteiger charge is -2.10. The highest BCUT2D eigenvalue weighted by molar-refractivity contribution is 6.39. The lowest BCUT2D eigenvalue weighted by molar-refractivity contribution is -0.117. The molecule has 1 N–H and O–H groups in total. The van der Waals surface area contributed by atoms with Crippen molar-refractivity contribution >= 4 is 51.5 Å². The fraction of sp³-hybridized carbons (Fsp3) is 0.250. The van der Waals surface area contributed by atoms with E-state index in [0.29, 0.717) is 17.7 Å². The molecule has 0 fully saturated rings. The molecule has 0 unspecified atom stereocenters. The van der Waals surface area contributed by atoms with E-state index in [1.165, 1.54) is 12.4 Å². The summed E-state index contributed by atoms with van der Waals surface area (Å²) in [6.07, 6.45) is 6.20. The zero-order valence-electron chi connectivity index (χ0n) is 15.1. The maximum absolute atomic E-state index is 12.7. The minimum absolute atomic E-state index is 0.175. The molecule has 2 aromatic heterocycles. The molecule has 27 heavy (non-hydrogen) atoms. The van der Waals surface area contributed by atoms with Gasteiger partial charge in [0.1, 0.15) is 5.78 Å². The quantitative estimate of drug-likeness (QED) is 0.609. The molecular weight excluding hydrogens is 385 g/mol. The van der Waals surface area contributed by atoms with Crippen molar-refractivity contribution in [2.45, 2.75) is 33.2 Å². The van der Waals surface area contributed by atoms with Gasteiger partial charge in [-0.2, -0.15) is 0 Å². The van der Waals surface area contributed by atoms with Crippen LogP contribution in [-0.2, 0) is 11.3 Å². The van der Waals surface area contributed by atoms with E-state index in [9.17, 15) is 9.59 Å². The minimum atomic E-state index is -0.305. The maximum Gasteiger partial charge on any atom is 0.255 e. The predicted octanol–water partition coefficient (Wildman–Crippen LogP) is 5.27. The van der Waals surface area contributed by atoms with Crippen LogP contribution in [-0.4, -0.2) is 21.2 Å². The van der Waals surface area contributed by atoms with Crippen molar-refractivity contribution in [2.75, 3.05) is 5.32 Å². The first kappa shape index (κ1) is 19.4. The maximum atomic E-state index is 12.7. The second kappa shape index (κ2) is 8.11. The summed E-state index contributed by atoms with van der Waals surface area (Å²) in [7, 11) is 0. The number of aromatic nitrogens is 2. The molecule has 0 radical (unpaired) electrons. The van der Waals surface area contributed by atoms with E-state index in [1.807, 2.05) is 25.3 Å². The molecule has 7 heteroatoms. The molecule has 140 valence electrons. The molecule has 0 saturated carbocycles. The van der Waals surface area contributed by atoms with E-state index in [4.69, 9.17) is 23.2 Å². The third-order valence-corrected chi connectivity index (χ3v) is 4.94. The van der Waals surface area contributed by atoms with E-state index >= 15 is 0 Å². The van der Waals surface area contributed by atoms with Crippen molar-refractivity contribution in [3.05, 3.63) is 58.0 Å². The number of rotatable bonds is 6. The van der Waals surface area contributed by atoms with Gasteiger partial charge in [0, 0.05) is 48.0 Å². The first-order valence-corrected chi connectivity index (χ1v) is 9.31. The van der Waals surface area contributed by atoms with Gasteiger partial charge < -0.3 is 14.7 Å². The number of hydrogen-bond donors (Lipinski definition) is 1. The van der Waals surface area contributed by atoms with Gasteiger partial charge in [0.05, 0.1) is 15.7 Å². The van der Waals surface area contributed by atoms with Crippen LogP contribution in [0.15, 0.2) is 36.8 Å². The molecule has 5 nitrogen and oxygen atoms in total. The van der Waals surface area contributed by atoms with E-state index < -0.39 is 0 Å². The van der Waals surface area contributed by atoms with Gasteiger partial charge in [-0.15, -0.1) is 0 Å². The monoisotopic (exact) mass is 403 g/mol. The number of fused-ring (bicyclic) bond motifs is 1. The highest BCUT2D eigenvalue weighted by Gasteiger charge is 2.14. The Kier molecular flexibility index (Phi) is 5.82. The van der Waals surface area contributed by atoms with Crippen molar-refractivity contribution in [1.82, 2.24) is 9.55 Å². The molecule has 0 bridgehead atoms. The number of anilines is 1. The number of carbonyl (C=O) groups excluding carboxylic acids is 2. The van der Waals surface area contributed by atoms with Crippen LogP contribution in [0.5, 0.6) is 0 Å². The Bertz CT molecular complexity index is 1010. The minimum Gasteiger partial charge on any atom is -0.347 e. The number of nitrogens with one attached hydrogen (secondary N) is 1. The number of Topliss-reactive ketones (excluding diaryl/α,β-unsaturated/α-hetero) is 1. The SMILES string of the molecule is CC(=O)CCCn1cc(C)c2ccc(C(=O)Nc3c(Cl)cncc3Cl)cc21. The summed E-state index contributed by atoms with van der Waals surface area (Å²) in [6, 6.07) is 5.54. The first-order valence-electron chi connectivity index (χ1n) is 8.56. The third-order valence-electron chi connectivity index (χ3n) is 4.36. The van der Waals surface area contributed by atoms with Crippen molar-refractivity contribution < 1.29 is 9.59 Å². The second-order valence-electron chi connectivity index (χ2n) is 6.48. The molecule has 0 atom stereocenters. The standard InChI is InChI=1S/C20H19Cl2N3O2/c1-12-11-25(7-3-4-13(2)26)18-8-14(5-6-15(12)18)20(27)24-19-16(21)9-23-10-17(19)22/h5-6,8-11H,3-4,7H2,1-2H3,(H,23,24,27). The average molecular weight is 404 g/mol. The summed E-state index contributed by atoms with van der Waals surface area (Å²) in [6.45, 7) is 4.34. The number of nitrogens with zero attached hydrogens (tertiary/aromatic N) is 2. The molecule has 0 aliphatic rings. The highest BCUT2D eigenvalue weighted by atomic mass is 35.5. The lowest BCUT2D eigenvalue weighted by atomic mass is 10.1. The molecule has 3 aromatic rings. The predicted molar refractivity (Wildman–Crippen MR) is 109 cm³/mol. The molecule has 2 heterocycles. The van der Waals surface area contributed by atoms with Gasteiger partial charge in [-0.05, 0) is 38.0 Å². The molecule has 0 spiro atoms. The molecule has 0 aliphatic carbocycles. The Morgan fingerprint density at radius 2 is 1.89 bits per heavy atom. The van der Waals surface area contributed by atoms with Crippen LogP contribution >= 0.6 is 23.2 Å². The van der Waals surface area contributed by atoms with Gasteiger partial charge in [0.25, 0.3) is 5.91 Å². The summed E-state index contributed by atoms with van der Waals surface area (Å²) < 4.78 is 2.08. The molecule has 1 aromatic carbocycles. The van der Waals surface area contributed by atoms with Crippen LogP contribution in [0.2, 0.25) is 10.0 Å². The average Bonchev–Trinajstić information content (AvgIpc) is 2.93. The van der Waals surface area contributed by atoms with Gasteiger partial charge in [-0.25, -0.2) is 0 Å². The summed E-state index contributed by atoms with van der Waals surface area (Å²) in [4.78, 5) is 27.7. The number of pyridine rings is 1. The zero-order chi connectivity index (χ0) is 19.6. The summed E-state index contributed by atoms with van der Waals surface area (Å²) in [5.41, 5.74) is 2.92. The number of carbonyl (C=O) groups is 2. The highest BCUT2D eigenvalue weighted by Crippen LogP contribution is 2.29. The fourth-order valence-electron chi connectivity index (χ4n) is 3.02. The first-order chi connectivity index (χ1) is 12.9. The number of amides is 1. The Labute approximate surface area is 167 Å². The molecular formula is C20H19Cl2N3O2. The number of hydrogen-bond acceptors (Lipinski definition) is 3. The van der Waals surface area contributed by atoms with Crippen LogP contribution in [0, 0.1) is 6.92 Å². The lowest BCUT2D eigenvalue weighted by Crippen LogP contribution is -2.13. The summed E-state index contributed by atoms with van der Waals surface area (Å²) in [5.74, 6) is -0.129. The van der Waals surface area contributed by atoms with Crippen LogP contribution in [0.4, 0.5) is 5.69 Å². The van der Waals surface area contributed by atoms with E-state index in [2.05, 4.69) is 14.9 Å². The third kappa shape index (κ3) is 4.31. The van der Waals surface area contributed by atoms with Crippen molar-refractivity contribution in [2.24, 2.45) is 0 Å². The molecule has 0 saturated heterocycles. The number of ketones is 1. The van der Waals surface area contributed by atoms with Crippen molar-refractivity contribution in [3.8, 4) is 0 Å². The van der Waals surface area contributed by atoms with Crippen molar-refractivity contribution in [3.63, 3.8) is 0 Å². The number of aryl methyl sites for hydroxylation is 2. The van der Waals surface area contributed by atoms with Gasteiger partial charge in [0.15, 0.2) is 0 Å². The Hall–Kier alpha value is -2.37. The summed E-state index contributed by atoms with van der Waals surface area (Å²) in [5, 5.41) is 4.38. The zero-order valence-corrected chi connectivity index (χ0v) is 16.6. The van der Waals surface area contributed by atoms with Crippen LogP contribution < -0.4 is 5.32 Å². The van der Waals surface area contributed by atoms with Crippen LogP contribution in [0.1, 0.15) is 35.7 Å². The Morgan fingerprint density at radius 3 is 2.56 bits per heavy atom. The molecule has 0 aliphatic heterocycles. The number of benzene rings is 1. The second-order valence-corrected chi connectivity index (χ2v) is 7.29. The molecule has 3 rings (SSSR count). The Morgan fingerprint density at radius 1 is 1.19 bits per heavy atom. The normalized spacial score (nSPS) is 11.0. The topological polar surface area (TPSA) is 64.0 Å². The Balaban J connectivity index is 1.88. The molecule has 1 amide bonds. The smallest absolute Gasteiger partial charge is 0.255 e. The summed E-state index contributed by atoms with van der Waals surface area (Å²) >= 11 is 12.1. The van der Waals surface area contributed by atoms with Crippen LogP contribution in [0.25, 0.3) is 10.9 Å². The van der Waals surface area contributed by atoms with E-state index in [0.717, 1.165) is 29.4 Å². The van der Waals surface area contributed by atoms with E-state index in [1.54, 1.807) is 13.0 Å². The van der Waals surface area contributed by atoms with Crippen molar-refractivity contribution in [1.29, 1.82) is 0 Å². The fourth-order valence-corrected chi connectivity index (χ4v) is 3.48. The number of halogens is 2.